The molecule has 25 heavy (non-hydrogen) atoms. The Bertz CT molecular complexity index is 638. The summed E-state index contributed by atoms with van der Waals surface area (Å²) in [7, 11) is 0. The van der Waals surface area contributed by atoms with E-state index >= 15 is 0 Å². The predicted octanol–water partition coefficient (Wildman–Crippen LogP) is 3.64. The quantitative estimate of drug-likeness (QED) is 0.858. The van der Waals surface area contributed by atoms with Crippen molar-refractivity contribution in [3.63, 3.8) is 0 Å². The lowest BCUT2D eigenvalue weighted by Crippen LogP contribution is -2.82. The molecule has 0 bridgehead atoms. The van der Waals surface area contributed by atoms with Gasteiger partial charge in [-0.15, -0.1) is 12.4 Å². The molecule has 1 aromatic carbocycles. The molecule has 0 radical (unpaired) electrons. The van der Waals surface area contributed by atoms with Crippen molar-refractivity contribution in [3.8, 4) is 0 Å². The molecule has 6 heteroatoms. The number of halogens is 2. The van der Waals surface area contributed by atoms with Gasteiger partial charge in [0.25, 0.3) is 0 Å². The zero-order valence-corrected chi connectivity index (χ0v) is 16.7. The lowest BCUT2D eigenvalue weighted by Gasteiger charge is -2.65. The van der Waals surface area contributed by atoms with Gasteiger partial charge in [0.2, 0.25) is 5.91 Å². The van der Waals surface area contributed by atoms with Gasteiger partial charge in [0.05, 0.1) is 6.10 Å². The largest absolute Gasteiger partial charge is 0.377 e. The molecule has 3 atom stereocenters. The van der Waals surface area contributed by atoms with Crippen LogP contribution < -0.4 is 5.73 Å². The topological polar surface area (TPSA) is 55.6 Å². The van der Waals surface area contributed by atoms with Crippen LogP contribution in [0.5, 0.6) is 0 Å². The fourth-order valence-corrected chi connectivity index (χ4v) is 4.63. The molecule has 1 aliphatic carbocycles. The molecule has 4 nitrogen and oxygen atoms in total. The van der Waals surface area contributed by atoms with E-state index in [9.17, 15) is 4.79 Å². The van der Waals surface area contributed by atoms with Gasteiger partial charge in [-0.25, -0.2) is 0 Å². The molecule has 2 N–H and O–H groups in total. The smallest absolute Gasteiger partial charge is 0.243 e. The Morgan fingerprint density at radius 1 is 1.40 bits per heavy atom. The van der Waals surface area contributed by atoms with Gasteiger partial charge in [-0.1, -0.05) is 43.6 Å². The summed E-state index contributed by atoms with van der Waals surface area (Å²) in [5, 5.41) is 0.682. The molecule has 0 aromatic heterocycles. The maximum Gasteiger partial charge on any atom is 0.243 e. The van der Waals surface area contributed by atoms with E-state index in [0.717, 1.165) is 25.0 Å². The maximum atomic E-state index is 13.4. The number of carbonyl (C=O) groups is 1. The van der Waals surface area contributed by atoms with Crippen molar-refractivity contribution in [2.24, 2.45) is 17.1 Å². The zero-order chi connectivity index (χ0) is 17.5. The molecule has 1 aromatic rings. The van der Waals surface area contributed by atoms with E-state index in [2.05, 4.69) is 13.8 Å². The monoisotopic (exact) mass is 386 g/mol. The minimum Gasteiger partial charge on any atom is -0.377 e. The molecule has 2 aliphatic rings. The van der Waals surface area contributed by atoms with Crippen molar-refractivity contribution in [2.45, 2.75) is 51.8 Å². The van der Waals surface area contributed by atoms with Crippen molar-refractivity contribution >= 4 is 29.9 Å². The van der Waals surface area contributed by atoms with Crippen LogP contribution in [0.2, 0.25) is 5.02 Å². The fourth-order valence-electron chi connectivity index (χ4n) is 4.43. The van der Waals surface area contributed by atoms with E-state index in [4.69, 9.17) is 22.1 Å². The Morgan fingerprint density at radius 2 is 2.08 bits per heavy atom. The van der Waals surface area contributed by atoms with E-state index in [-0.39, 0.29) is 35.8 Å². The molecular formula is C19H28Cl2N2O2. The highest BCUT2D eigenvalue weighted by Crippen LogP contribution is 2.58. The summed E-state index contributed by atoms with van der Waals surface area (Å²) in [5.74, 6) is 0.121. The first kappa shape index (κ1) is 20.5. The van der Waals surface area contributed by atoms with Crippen LogP contribution in [0.25, 0.3) is 0 Å². The van der Waals surface area contributed by atoms with E-state index < -0.39 is 5.54 Å². The third kappa shape index (κ3) is 3.08. The minimum absolute atomic E-state index is 0. The van der Waals surface area contributed by atoms with Gasteiger partial charge in [-0.3, -0.25) is 4.79 Å². The van der Waals surface area contributed by atoms with Gasteiger partial charge in [0, 0.05) is 36.1 Å². The molecule has 3 unspecified atom stereocenters. The van der Waals surface area contributed by atoms with E-state index in [1.807, 2.05) is 36.1 Å². The highest BCUT2D eigenvalue weighted by molar-refractivity contribution is 6.31. The van der Waals surface area contributed by atoms with Crippen LogP contribution in [0.15, 0.2) is 24.3 Å². The van der Waals surface area contributed by atoms with Gasteiger partial charge >= 0.3 is 0 Å². The average molecular weight is 387 g/mol. The summed E-state index contributed by atoms with van der Waals surface area (Å²) in [6.07, 6.45) is 2.01. The van der Waals surface area contributed by atoms with Crippen LogP contribution in [0, 0.1) is 11.3 Å². The third-order valence-electron chi connectivity index (χ3n) is 6.03. The van der Waals surface area contributed by atoms with Crippen LogP contribution in [0.3, 0.4) is 0 Å². The van der Waals surface area contributed by atoms with Crippen molar-refractivity contribution in [1.82, 2.24) is 4.90 Å². The zero-order valence-electron chi connectivity index (χ0n) is 15.1. The second-order valence-electron chi connectivity index (χ2n) is 7.54. The van der Waals surface area contributed by atoms with Gasteiger partial charge in [-0.2, -0.15) is 0 Å². The first-order chi connectivity index (χ1) is 11.3. The Labute approximate surface area is 161 Å². The van der Waals surface area contributed by atoms with Gasteiger partial charge < -0.3 is 15.4 Å². The van der Waals surface area contributed by atoms with E-state index in [1.165, 1.54) is 0 Å². The van der Waals surface area contributed by atoms with Gasteiger partial charge in [0.1, 0.15) is 5.54 Å². The number of benzene rings is 1. The van der Waals surface area contributed by atoms with Crippen molar-refractivity contribution in [2.75, 3.05) is 13.2 Å². The Kier molecular flexibility index (Phi) is 6.10. The molecule has 140 valence electrons. The fraction of sp³-hybridized carbons (Fsp3) is 0.632. The summed E-state index contributed by atoms with van der Waals surface area (Å²) >= 11 is 6.27. The summed E-state index contributed by atoms with van der Waals surface area (Å²) in [4.78, 5) is 15.2. The van der Waals surface area contributed by atoms with Gasteiger partial charge in [-0.05, 0) is 31.4 Å². The number of hydrogen-bond donors (Lipinski definition) is 1. The summed E-state index contributed by atoms with van der Waals surface area (Å²) in [5.41, 5.74) is 6.47. The van der Waals surface area contributed by atoms with Gasteiger partial charge in [0.15, 0.2) is 0 Å². The first-order valence-corrected chi connectivity index (χ1v) is 9.15. The normalized spacial score (nSPS) is 29.8. The van der Waals surface area contributed by atoms with E-state index in [1.54, 1.807) is 0 Å². The maximum absolute atomic E-state index is 13.4. The number of hydrogen-bond acceptors (Lipinski definition) is 3. The second-order valence-corrected chi connectivity index (χ2v) is 7.95. The minimum atomic E-state index is -0.866. The molecule has 1 saturated heterocycles. The number of carbonyl (C=O) groups excluding carboxylic acids is 1. The average Bonchev–Trinajstić information content (AvgIpc) is 2.59. The summed E-state index contributed by atoms with van der Waals surface area (Å²) < 4.78 is 5.92. The van der Waals surface area contributed by atoms with Crippen LogP contribution >= 0.6 is 24.0 Å². The number of rotatable bonds is 4. The van der Waals surface area contributed by atoms with Crippen LogP contribution in [0.1, 0.15) is 39.2 Å². The lowest BCUT2D eigenvalue weighted by atomic mass is 9.46. The molecule has 1 saturated carbocycles. The number of fused-ring (bicyclic) bond motifs is 1. The molecular weight excluding hydrogens is 359 g/mol. The van der Waals surface area contributed by atoms with Crippen molar-refractivity contribution in [3.05, 3.63) is 34.9 Å². The summed E-state index contributed by atoms with van der Waals surface area (Å²) in [6, 6.07) is 7.65. The summed E-state index contributed by atoms with van der Waals surface area (Å²) in [6.45, 7) is 7.96. The standard InChI is InChI=1S/C19H27ClN2O2.ClH/c1-4-22(12-13-8-5-6-10-15(13)20)17(23)19(21)14-9-7-11-24-16(14)18(19,2)3;/h5-6,8,10,14,16H,4,7,9,11-12,21H2,1-3H3;1H. The highest BCUT2D eigenvalue weighted by atomic mass is 35.5. The SMILES string of the molecule is CCN(Cc1ccccc1Cl)C(=O)C1(N)C2CCCOC2C1(C)C.Cl. The molecule has 3 rings (SSSR count). The first-order valence-electron chi connectivity index (χ1n) is 8.77. The molecule has 1 heterocycles. The van der Waals surface area contributed by atoms with Crippen LogP contribution in [-0.2, 0) is 16.1 Å². The Morgan fingerprint density at radius 3 is 2.72 bits per heavy atom. The van der Waals surface area contributed by atoms with Crippen LogP contribution in [-0.4, -0.2) is 35.6 Å². The predicted molar refractivity (Wildman–Crippen MR) is 103 cm³/mol. The molecule has 0 spiro atoms. The number of nitrogens with two attached hydrogens (primary N) is 1. The van der Waals surface area contributed by atoms with E-state index in [0.29, 0.717) is 18.1 Å². The Balaban J connectivity index is 0.00000225. The number of amides is 1. The number of ether oxygens (including phenoxy) is 1. The highest BCUT2D eigenvalue weighted by Gasteiger charge is 2.70. The molecule has 2 fully saturated rings. The lowest BCUT2D eigenvalue weighted by molar-refractivity contribution is -0.230. The molecule has 1 amide bonds. The Hall–Kier alpha value is -0.810. The van der Waals surface area contributed by atoms with Crippen molar-refractivity contribution < 1.29 is 9.53 Å². The van der Waals surface area contributed by atoms with Crippen molar-refractivity contribution in [1.29, 1.82) is 0 Å². The van der Waals surface area contributed by atoms with Crippen LogP contribution in [0.4, 0.5) is 0 Å². The second kappa shape index (κ2) is 7.43. The number of nitrogens with zero attached hydrogens (tertiary/aromatic N) is 1. The number of likely N-dealkylation sites (N-methyl/N-ethyl adjacent to an activating group) is 1. The molecule has 1 aliphatic heterocycles. The third-order valence-corrected chi connectivity index (χ3v) is 6.40.